The number of fused-ring (bicyclic) bond motifs is 1. The fraction of sp³-hybridized carbons (Fsp3) is 0.353. The highest BCUT2D eigenvalue weighted by Crippen LogP contribution is 2.22. The zero-order valence-corrected chi connectivity index (χ0v) is 11.4. The number of nitrogens with zero attached hydrogens (tertiary/aromatic N) is 1. The lowest BCUT2D eigenvalue weighted by Gasteiger charge is -2.07. The van der Waals surface area contributed by atoms with Crippen molar-refractivity contribution < 1.29 is 0 Å². The molecule has 0 fully saturated rings. The first-order valence-corrected chi connectivity index (χ1v) is 7.05. The van der Waals surface area contributed by atoms with Crippen LogP contribution < -0.4 is 5.32 Å². The molecule has 0 amide bonds. The van der Waals surface area contributed by atoms with Crippen molar-refractivity contribution in [3.05, 3.63) is 64.5 Å². The van der Waals surface area contributed by atoms with Gasteiger partial charge in [-0.2, -0.15) is 0 Å². The summed E-state index contributed by atoms with van der Waals surface area (Å²) in [7, 11) is 0. The van der Waals surface area contributed by atoms with Crippen LogP contribution >= 0.6 is 0 Å². The van der Waals surface area contributed by atoms with E-state index < -0.39 is 0 Å². The van der Waals surface area contributed by atoms with Gasteiger partial charge in [-0.1, -0.05) is 24.3 Å². The molecule has 1 aliphatic carbocycles. The molecule has 2 nitrogen and oxygen atoms in total. The van der Waals surface area contributed by atoms with Crippen LogP contribution in [0, 0.1) is 6.92 Å². The molecule has 0 saturated heterocycles. The summed E-state index contributed by atoms with van der Waals surface area (Å²) >= 11 is 0. The number of rotatable bonds is 4. The summed E-state index contributed by atoms with van der Waals surface area (Å²) < 4.78 is 0. The minimum atomic E-state index is 0.832. The number of benzene rings is 1. The number of aromatic nitrogens is 1. The molecule has 1 aromatic heterocycles. The van der Waals surface area contributed by atoms with Crippen LogP contribution in [-0.2, 0) is 25.9 Å². The van der Waals surface area contributed by atoms with Gasteiger partial charge >= 0.3 is 0 Å². The molecule has 0 radical (unpaired) electrons. The Morgan fingerprint density at radius 3 is 2.84 bits per heavy atom. The number of pyridine rings is 1. The van der Waals surface area contributed by atoms with Crippen molar-refractivity contribution in [1.82, 2.24) is 10.3 Å². The number of hydrogen-bond acceptors (Lipinski definition) is 2. The second-order valence-electron chi connectivity index (χ2n) is 5.33. The summed E-state index contributed by atoms with van der Waals surface area (Å²) in [5.74, 6) is 0. The summed E-state index contributed by atoms with van der Waals surface area (Å²) in [5, 5.41) is 3.47. The average molecular weight is 252 g/mol. The van der Waals surface area contributed by atoms with Crippen LogP contribution in [0.15, 0.2) is 36.4 Å². The highest BCUT2D eigenvalue weighted by atomic mass is 14.9. The van der Waals surface area contributed by atoms with Crippen LogP contribution in [0.4, 0.5) is 0 Å². The third-order valence-corrected chi connectivity index (χ3v) is 3.74. The van der Waals surface area contributed by atoms with Crippen LogP contribution in [0.3, 0.4) is 0 Å². The Hall–Kier alpha value is -1.67. The fourth-order valence-corrected chi connectivity index (χ4v) is 2.77. The molecule has 19 heavy (non-hydrogen) atoms. The smallest absolute Gasteiger partial charge is 0.0544 e. The van der Waals surface area contributed by atoms with E-state index in [1.54, 1.807) is 11.1 Å². The van der Waals surface area contributed by atoms with Crippen molar-refractivity contribution in [1.29, 1.82) is 0 Å². The molecule has 98 valence electrons. The van der Waals surface area contributed by atoms with Gasteiger partial charge in [-0.3, -0.25) is 4.98 Å². The van der Waals surface area contributed by atoms with Crippen molar-refractivity contribution in [2.24, 2.45) is 0 Å². The second kappa shape index (κ2) is 5.54. The molecule has 0 aliphatic heterocycles. The van der Waals surface area contributed by atoms with Crippen LogP contribution in [0.25, 0.3) is 0 Å². The van der Waals surface area contributed by atoms with Gasteiger partial charge in [0.05, 0.1) is 5.69 Å². The summed E-state index contributed by atoms with van der Waals surface area (Å²) in [5.41, 5.74) is 6.67. The summed E-state index contributed by atoms with van der Waals surface area (Å²) in [6.45, 7) is 3.78. The summed E-state index contributed by atoms with van der Waals surface area (Å²) in [6, 6.07) is 13.1. The third kappa shape index (κ3) is 3.02. The molecule has 2 aromatic rings. The van der Waals surface area contributed by atoms with Gasteiger partial charge in [0.2, 0.25) is 0 Å². The Labute approximate surface area is 114 Å². The van der Waals surface area contributed by atoms with Crippen LogP contribution in [0.5, 0.6) is 0 Å². The maximum Gasteiger partial charge on any atom is 0.0544 e. The van der Waals surface area contributed by atoms with Gasteiger partial charge in [-0.05, 0) is 55.0 Å². The Balaban J connectivity index is 1.58. The van der Waals surface area contributed by atoms with Crippen molar-refractivity contribution in [2.45, 2.75) is 39.3 Å². The Morgan fingerprint density at radius 2 is 1.95 bits per heavy atom. The first kappa shape index (κ1) is 12.4. The molecule has 2 heteroatoms. The molecule has 1 heterocycles. The van der Waals surface area contributed by atoms with Gasteiger partial charge in [0, 0.05) is 18.8 Å². The molecular formula is C17H20N2. The number of nitrogens with one attached hydrogen (secondary N) is 1. The van der Waals surface area contributed by atoms with E-state index in [0.29, 0.717) is 0 Å². The lowest BCUT2D eigenvalue weighted by atomic mass is 10.1. The Kier molecular flexibility index (Phi) is 3.60. The van der Waals surface area contributed by atoms with E-state index in [9.17, 15) is 0 Å². The molecule has 1 aromatic carbocycles. The van der Waals surface area contributed by atoms with Crippen LogP contribution in [0.2, 0.25) is 0 Å². The van der Waals surface area contributed by atoms with Crippen molar-refractivity contribution in [2.75, 3.05) is 0 Å². The molecule has 0 bridgehead atoms. The third-order valence-electron chi connectivity index (χ3n) is 3.74. The van der Waals surface area contributed by atoms with E-state index in [4.69, 9.17) is 0 Å². The second-order valence-corrected chi connectivity index (χ2v) is 5.33. The number of hydrogen-bond donors (Lipinski definition) is 1. The van der Waals surface area contributed by atoms with E-state index in [-0.39, 0.29) is 0 Å². The van der Waals surface area contributed by atoms with E-state index >= 15 is 0 Å². The molecule has 0 atom stereocenters. The fourth-order valence-electron chi connectivity index (χ4n) is 2.77. The lowest BCUT2D eigenvalue weighted by molar-refractivity contribution is 0.677. The van der Waals surface area contributed by atoms with Crippen molar-refractivity contribution >= 4 is 0 Å². The van der Waals surface area contributed by atoms with Gasteiger partial charge in [0.1, 0.15) is 0 Å². The zero-order chi connectivity index (χ0) is 13.1. The summed E-state index contributed by atoms with van der Waals surface area (Å²) in [6.07, 6.45) is 3.83. The Morgan fingerprint density at radius 1 is 1.05 bits per heavy atom. The maximum absolute atomic E-state index is 4.50. The van der Waals surface area contributed by atoms with Crippen molar-refractivity contribution in [3.63, 3.8) is 0 Å². The first-order valence-electron chi connectivity index (χ1n) is 7.05. The molecule has 1 aliphatic rings. The predicted molar refractivity (Wildman–Crippen MR) is 78.0 cm³/mol. The summed E-state index contributed by atoms with van der Waals surface area (Å²) in [4.78, 5) is 4.50. The standard InChI is InChI=1S/C17H20N2/c1-13-4-2-7-17(19-13)12-18-11-14-8-9-15-5-3-6-16(15)10-14/h2,4,7-10,18H,3,5-6,11-12H2,1H3. The quantitative estimate of drug-likeness (QED) is 0.904. The van der Waals surface area contributed by atoms with Crippen molar-refractivity contribution in [3.8, 4) is 0 Å². The molecule has 0 spiro atoms. The molecule has 3 rings (SSSR count). The van der Waals surface area contributed by atoms with E-state index in [1.165, 1.54) is 24.8 Å². The molecule has 1 N–H and O–H groups in total. The highest BCUT2D eigenvalue weighted by molar-refractivity contribution is 5.35. The monoisotopic (exact) mass is 252 g/mol. The largest absolute Gasteiger partial charge is 0.307 e. The van der Waals surface area contributed by atoms with Crippen LogP contribution in [0.1, 0.15) is 34.5 Å². The van der Waals surface area contributed by atoms with Crippen LogP contribution in [-0.4, -0.2) is 4.98 Å². The molecular weight excluding hydrogens is 232 g/mol. The van der Waals surface area contributed by atoms with Gasteiger partial charge in [-0.25, -0.2) is 0 Å². The SMILES string of the molecule is Cc1cccc(CNCc2ccc3c(c2)CCC3)n1. The van der Waals surface area contributed by atoms with Gasteiger partial charge in [0.15, 0.2) is 0 Å². The first-order chi connectivity index (χ1) is 9.31. The highest BCUT2D eigenvalue weighted by Gasteiger charge is 2.10. The average Bonchev–Trinajstić information content (AvgIpc) is 2.86. The van der Waals surface area contributed by atoms with Gasteiger partial charge in [-0.15, -0.1) is 0 Å². The Bertz CT molecular complexity index is 575. The minimum absolute atomic E-state index is 0.832. The molecule has 0 unspecified atom stereocenters. The minimum Gasteiger partial charge on any atom is -0.307 e. The van der Waals surface area contributed by atoms with Gasteiger partial charge < -0.3 is 5.32 Å². The maximum atomic E-state index is 4.50. The zero-order valence-electron chi connectivity index (χ0n) is 11.4. The normalized spacial score (nSPS) is 13.5. The van der Waals surface area contributed by atoms with E-state index in [1.807, 2.05) is 13.0 Å². The van der Waals surface area contributed by atoms with E-state index in [2.05, 4.69) is 40.6 Å². The molecule has 0 saturated carbocycles. The lowest BCUT2D eigenvalue weighted by Crippen LogP contribution is -2.14. The predicted octanol–water partition coefficient (Wildman–Crippen LogP) is 3.17. The number of aryl methyl sites for hydroxylation is 3. The van der Waals surface area contributed by atoms with E-state index in [0.717, 1.165) is 24.5 Å². The topological polar surface area (TPSA) is 24.9 Å². The van der Waals surface area contributed by atoms with Gasteiger partial charge in [0.25, 0.3) is 0 Å².